The molecular formula is C11H7F3N4. The smallest absolute Gasteiger partial charge is 0.194 e. The van der Waals surface area contributed by atoms with Crippen LogP contribution in [0.4, 0.5) is 19.0 Å². The molecular weight excluding hydrogens is 245 g/mol. The van der Waals surface area contributed by atoms with E-state index in [1.54, 1.807) is 0 Å². The van der Waals surface area contributed by atoms with E-state index in [0.29, 0.717) is 5.56 Å². The van der Waals surface area contributed by atoms with Gasteiger partial charge < -0.3 is 5.73 Å². The van der Waals surface area contributed by atoms with Gasteiger partial charge in [-0.3, -0.25) is 0 Å². The monoisotopic (exact) mass is 252 g/mol. The van der Waals surface area contributed by atoms with Gasteiger partial charge in [0.1, 0.15) is 5.82 Å². The van der Waals surface area contributed by atoms with Gasteiger partial charge in [0.2, 0.25) is 0 Å². The summed E-state index contributed by atoms with van der Waals surface area (Å²) in [5.74, 6) is -4.13. The second kappa shape index (κ2) is 4.41. The highest BCUT2D eigenvalue weighted by molar-refractivity contribution is 5.48. The third-order valence-electron chi connectivity index (χ3n) is 2.37. The minimum absolute atomic E-state index is 0.0258. The van der Waals surface area contributed by atoms with Crippen LogP contribution in [0.25, 0.3) is 5.69 Å². The largest absolute Gasteiger partial charge is 0.383 e. The summed E-state index contributed by atoms with van der Waals surface area (Å²) in [5, 5.41) is 12.3. The van der Waals surface area contributed by atoms with Crippen LogP contribution in [0.15, 0.2) is 18.3 Å². The van der Waals surface area contributed by atoms with Crippen LogP contribution in [-0.4, -0.2) is 9.78 Å². The molecule has 2 aromatic rings. The first-order valence-corrected chi connectivity index (χ1v) is 4.89. The summed E-state index contributed by atoms with van der Waals surface area (Å²) >= 11 is 0. The molecule has 0 amide bonds. The molecule has 0 aliphatic heterocycles. The predicted octanol–water partition coefficient (Wildman–Crippen LogP) is 1.94. The maximum absolute atomic E-state index is 13.1. The molecule has 2 N–H and O–H groups in total. The van der Waals surface area contributed by atoms with Gasteiger partial charge in [0.25, 0.3) is 0 Å². The van der Waals surface area contributed by atoms with Gasteiger partial charge >= 0.3 is 0 Å². The Balaban J connectivity index is 2.53. The van der Waals surface area contributed by atoms with Gasteiger partial charge in [0.05, 0.1) is 24.4 Å². The molecule has 0 aliphatic carbocycles. The van der Waals surface area contributed by atoms with E-state index >= 15 is 0 Å². The maximum Gasteiger partial charge on any atom is 0.194 e. The normalized spacial score (nSPS) is 10.3. The van der Waals surface area contributed by atoms with Crippen LogP contribution in [0.5, 0.6) is 0 Å². The van der Waals surface area contributed by atoms with Gasteiger partial charge in [0.15, 0.2) is 17.5 Å². The Kier molecular flexibility index (Phi) is 2.93. The van der Waals surface area contributed by atoms with E-state index in [-0.39, 0.29) is 17.9 Å². The first-order valence-electron chi connectivity index (χ1n) is 4.89. The average molecular weight is 252 g/mol. The van der Waals surface area contributed by atoms with Crippen LogP contribution in [0.2, 0.25) is 0 Å². The van der Waals surface area contributed by atoms with Crippen LogP contribution in [0.1, 0.15) is 5.56 Å². The SMILES string of the molecule is N#CCc1cnn(-c2cc(F)c(F)c(F)c2)c1N. The van der Waals surface area contributed by atoms with Crippen LogP contribution < -0.4 is 5.73 Å². The van der Waals surface area contributed by atoms with Crippen molar-refractivity contribution in [1.82, 2.24) is 9.78 Å². The molecule has 0 saturated carbocycles. The summed E-state index contributed by atoms with van der Waals surface area (Å²) in [6.07, 6.45) is 1.34. The molecule has 0 saturated heterocycles. The molecule has 0 bridgehead atoms. The third kappa shape index (κ3) is 1.88. The summed E-state index contributed by atoms with van der Waals surface area (Å²) in [7, 11) is 0. The Bertz CT molecular complexity index is 619. The minimum atomic E-state index is -1.55. The Morgan fingerprint density at radius 1 is 1.28 bits per heavy atom. The second-order valence-corrected chi connectivity index (χ2v) is 3.53. The quantitative estimate of drug-likeness (QED) is 0.830. The topological polar surface area (TPSA) is 67.6 Å². The highest BCUT2D eigenvalue weighted by atomic mass is 19.2. The fourth-order valence-electron chi connectivity index (χ4n) is 1.48. The number of rotatable bonds is 2. The molecule has 1 aromatic heterocycles. The number of anilines is 1. The molecule has 7 heteroatoms. The molecule has 0 unspecified atom stereocenters. The lowest BCUT2D eigenvalue weighted by atomic mass is 10.2. The molecule has 0 spiro atoms. The van der Waals surface area contributed by atoms with E-state index in [9.17, 15) is 13.2 Å². The molecule has 0 atom stereocenters. The summed E-state index contributed by atoms with van der Waals surface area (Å²) in [6, 6.07) is 3.43. The lowest BCUT2D eigenvalue weighted by Crippen LogP contribution is -2.05. The zero-order valence-electron chi connectivity index (χ0n) is 8.99. The second-order valence-electron chi connectivity index (χ2n) is 3.53. The third-order valence-corrected chi connectivity index (χ3v) is 2.37. The van der Waals surface area contributed by atoms with Crippen molar-refractivity contribution in [3.63, 3.8) is 0 Å². The van der Waals surface area contributed by atoms with Crippen molar-refractivity contribution in [2.45, 2.75) is 6.42 Å². The Morgan fingerprint density at radius 2 is 1.89 bits per heavy atom. The number of hydrogen-bond acceptors (Lipinski definition) is 3. The Hall–Kier alpha value is -2.49. The molecule has 1 heterocycles. The fourth-order valence-corrected chi connectivity index (χ4v) is 1.48. The summed E-state index contributed by atoms with van der Waals surface area (Å²) in [5.41, 5.74) is 6.06. The summed E-state index contributed by atoms with van der Waals surface area (Å²) < 4.78 is 40.0. The van der Waals surface area contributed by atoms with Crippen LogP contribution in [-0.2, 0) is 6.42 Å². The number of aromatic nitrogens is 2. The molecule has 92 valence electrons. The molecule has 2 rings (SSSR count). The van der Waals surface area contributed by atoms with Gasteiger partial charge in [-0.05, 0) is 0 Å². The van der Waals surface area contributed by atoms with Crippen molar-refractivity contribution < 1.29 is 13.2 Å². The van der Waals surface area contributed by atoms with Crippen molar-refractivity contribution in [3.05, 3.63) is 41.3 Å². The van der Waals surface area contributed by atoms with Crippen molar-refractivity contribution in [2.24, 2.45) is 0 Å². The molecule has 18 heavy (non-hydrogen) atoms. The number of hydrogen-bond donors (Lipinski definition) is 1. The zero-order chi connectivity index (χ0) is 13.3. The number of nitrogen functional groups attached to an aromatic ring is 1. The lowest BCUT2D eigenvalue weighted by molar-refractivity contribution is 0.446. The molecule has 4 nitrogen and oxygen atoms in total. The minimum Gasteiger partial charge on any atom is -0.383 e. The zero-order valence-corrected chi connectivity index (χ0v) is 8.99. The Labute approximate surface area is 100 Å². The molecule has 0 fully saturated rings. The number of benzene rings is 1. The van der Waals surface area contributed by atoms with Gasteiger partial charge in [-0.15, -0.1) is 0 Å². The summed E-state index contributed by atoms with van der Waals surface area (Å²) in [4.78, 5) is 0. The van der Waals surface area contributed by atoms with E-state index in [1.165, 1.54) is 6.20 Å². The van der Waals surface area contributed by atoms with Gasteiger partial charge in [-0.1, -0.05) is 0 Å². The van der Waals surface area contributed by atoms with E-state index < -0.39 is 17.5 Å². The maximum atomic E-state index is 13.1. The lowest BCUT2D eigenvalue weighted by Gasteiger charge is -2.05. The summed E-state index contributed by atoms with van der Waals surface area (Å²) in [6.45, 7) is 0. The van der Waals surface area contributed by atoms with Crippen LogP contribution in [0.3, 0.4) is 0 Å². The van der Waals surface area contributed by atoms with E-state index in [4.69, 9.17) is 11.0 Å². The highest BCUT2D eigenvalue weighted by Crippen LogP contribution is 2.21. The molecule has 0 aliphatic rings. The van der Waals surface area contributed by atoms with Crippen molar-refractivity contribution in [1.29, 1.82) is 5.26 Å². The fraction of sp³-hybridized carbons (Fsp3) is 0.0909. The number of nitrogens with zero attached hydrogens (tertiary/aromatic N) is 3. The first kappa shape index (κ1) is 12.0. The highest BCUT2D eigenvalue weighted by Gasteiger charge is 2.14. The van der Waals surface area contributed by atoms with Crippen LogP contribution >= 0.6 is 0 Å². The van der Waals surface area contributed by atoms with E-state index in [1.807, 2.05) is 6.07 Å². The van der Waals surface area contributed by atoms with Gasteiger partial charge in [-0.2, -0.15) is 10.4 Å². The number of halogens is 3. The van der Waals surface area contributed by atoms with Gasteiger partial charge in [0, 0.05) is 17.7 Å². The predicted molar refractivity (Wildman–Crippen MR) is 57.2 cm³/mol. The number of nitriles is 1. The average Bonchev–Trinajstić information content (AvgIpc) is 2.68. The standard InChI is InChI=1S/C11H7F3N4/c12-8-3-7(4-9(13)10(8)14)18-11(16)6(1-2-15)5-17-18/h3-5H,1,16H2. The van der Waals surface area contributed by atoms with E-state index in [0.717, 1.165) is 16.8 Å². The van der Waals surface area contributed by atoms with E-state index in [2.05, 4.69) is 5.10 Å². The van der Waals surface area contributed by atoms with Crippen molar-refractivity contribution in [2.75, 3.05) is 5.73 Å². The molecule has 0 radical (unpaired) electrons. The number of nitrogens with two attached hydrogens (primary N) is 1. The van der Waals surface area contributed by atoms with Crippen molar-refractivity contribution in [3.8, 4) is 11.8 Å². The van der Waals surface area contributed by atoms with Gasteiger partial charge in [-0.25, -0.2) is 17.9 Å². The van der Waals surface area contributed by atoms with Crippen LogP contribution in [0, 0.1) is 28.8 Å². The first-order chi connectivity index (χ1) is 8.54. The Morgan fingerprint density at radius 3 is 2.44 bits per heavy atom. The molecule has 1 aromatic carbocycles. The van der Waals surface area contributed by atoms with Crippen molar-refractivity contribution >= 4 is 5.82 Å².